The van der Waals surface area contributed by atoms with Gasteiger partial charge in [-0.2, -0.15) is 0 Å². The molecule has 3 fully saturated rings. The number of anilines is 1. The van der Waals surface area contributed by atoms with E-state index in [9.17, 15) is 0 Å². The summed E-state index contributed by atoms with van der Waals surface area (Å²) in [5.41, 5.74) is 1.37. The first-order valence-corrected chi connectivity index (χ1v) is 11.9. The van der Waals surface area contributed by atoms with Gasteiger partial charge >= 0.3 is 0 Å². The lowest BCUT2D eigenvalue weighted by molar-refractivity contribution is -0.0164. The minimum atomic E-state index is 0.197. The number of likely N-dealkylation sites (tertiary alicyclic amines) is 1. The van der Waals surface area contributed by atoms with E-state index in [0.29, 0.717) is 6.04 Å². The van der Waals surface area contributed by atoms with Crippen molar-refractivity contribution < 1.29 is 9.47 Å². The normalized spacial score (nSPS) is 24.8. The molecule has 1 atom stereocenters. The van der Waals surface area contributed by atoms with Gasteiger partial charge in [-0.05, 0) is 63.7 Å². The highest BCUT2D eigenvalue weighted by atomic mass is 16.5. The fourth-order valence-electron chi connectivity index (χ4n) is 5.39. The fourth-order valence-corrected chi connectivity index (χ4v) is 5.39. The van der Waals surface area contributed by atoms with Gasteiger partial charge in [-0.1, -0.05) is 12.1 Å². The van der Waals surface area contributed by atoms with Crippen molar-refractivity contribution in [2.75, 3.05) is 65.0 Å². The Morgan fingerprint density at radius 1 is 1.16 bits per heavy atom. The molecule has 0 radical (unpaired) electrons. The predicted octanol–water partition coefficient (Wildman–Crippen LogP) is 2.47. The number of aliphatic imine (C=N–C) groups is 1. The minimum Gasteiger partial charge on any atom is -0.495 e. The summed E-state index contributed by atoms with van der Waals surface area (Å²) >= 11 is 0. The Hall–Kier alpha value is -1.99. The summed E-state index contributed by atoms with van der Waals surface area (Å²) in [6, 6.07) is 8.67. The third kappa shape index (κ3) is 5.26. The molecule has 172 valence electrons. The maximum Gasteiger partial charge on any atom is 0.191 e. The van der Waals surface area contributed by atoms with Crippen LogP contribution in [0.5, 0.6) is 5.75 Å². The Labute approximate surface area is 187 Å². The maximum absolute atomic E-state index is 5.70. The van der Waals surface area contributed by atoms with Gasteiger partial charge in [0, 0.05) is 51.5 Å². The second-order valence-corrected chi connectivity index (χ2v) is 9.06. The van der Waals surface area contributed by atoms with Crippen molar-refractivity contribution in [3.63, 3.8) is 0 Å². The summed E-state index contributed by atoms with van der Waals surface area (Å²) in [7, 11) is 3.62. The van der Waals surface area contributed by atoms with Crippen molar-refractivity contribution in [2.24, 2.45) is 4.99 Å². The van der Waals surface area contributed by atoms with E-state index in [0.717, 1.165) is 70.2 Å². The summed E-state index contributed by atoms with van der Waals surface area (Å²) in [6.07, 6.45) is 7.14. The van der Waals surface area contributed by atoms with E-state index in [4.69, 9.17) is 9.47 Å². The smallest absolute Gasteiger partial charge is 0.191 e. The number of nitrogens with zero attached hydrogens (tertiary/aromatic N) is 3. The van der Waals surface area contributed by atoms with Crippen LogP contribution in [-0.4, -0.2) is 82.5 Å². The number of hydrogen-bond donors (Lipinski definition) is 2. The number of guanidine groups is 1. The number of nitrogens with one attached hydrogen (secondary N) is 2. The first kappa shape index (κ1) is 22.2. The van der Waals surface area contributed by atoms with E-state index in [1.165, 1.54) is 31.6 Å². The molecule has 0 aliphatic carbocycles. The van der Waals surface area contributed by atoms with Gasteiger partial charge in [0.1, 0.15) is 5.75 Å². The van der Waals surface area contributed by atoms with Crippen LogP contribution in [0.3, 0.4) is 0 Å². The quantitative estimate of drug-likeness (QED) is 0.535. The number of rotatable bonds is 6. The third-order valence-corrected chi connectivity index (χ3v) is 7.20. The van der Waals surface area contributed by atoms with Crippen molar-refractivity contribution in [3.8, 4) is 5.75 Å². The lowest BCUT2D eigenvalue weighted by Gasteiger charge is -2.45. The van der Waals surface area contributed by atoms with Gasteiger partial charge in [0.05, 0.1) is 12.8 Å². The van der Waals surface area contributed by atoms with Gasteiger partial charge in [-0.15, -0.1) is 0 Å². The van der Waals surface area contributed by atoms with Crippen LogP contribution in [0.4, 0.5) is 5.69 Å². The zero-order valence-electron chi connectivity index (χ0n) is 19.2. The lowest BCUT2D eigenvalue weighted by Crippen LogP contribution is -2.60. The SMILES string of the molecule is CN=C(NCC1(N2CCCC2)CCOCC1)NC1CCCN(c2ccccc2OC)C1. The Balaban J connectivity index is 1.36. The molecule has 3 aliphatic rings. The average molecular weight is 430 g/mol. The Kier molecular flexibility index (Phi) is 7.56. The summed E-state index contributed by atoms with van der Waals surface area (Å²) in [6.45, 7) is 7.09. The molecule has 4 rings (SSSR count). The molecule has 7 nitrogen and oxygen atoms in total. The zero-order valence-corrected chi connectivity index (χ0v) is 19.2. The van der Waals surface area contributed by atoms with Gasteiger partial charge in [-0.3, -0.25) is 9.89 Å². The zero-order chi connectivity index (χ0) is 21.5. The fraction of sp³-hybridized carbons (Fsp3) is 0.708. The second-order valence-electron chi connectivity index (χ2n) is 9.06. The van der Waals surface area contributed by atoms with Crippen molar-refractivity contribution >= 4 is 11.6 Å². The van der Waals surface area contributed by atoms with Crippen LogP contribution in [0.15, 0.2) is 29.3 Å². The predicted molar refractivity (Wildman–Crippen MR) is 126 cm³/mol. The summed E-state index contributed by atoms with van der Waals surface area (Å²) < 4.78 is 11.3. The van der Waals surface area contributed by atoms with Gasteiger partial charge in [-0.25, -0.2) is 0 Å². The first-order valence-electron chi connectivity index (χ1n) is 11.9. The number of benzene rings is 1. The average Bonchev–Trinajstić information content (AvgIpc) is 3.38. The Morgan fingerprint density at radius 3 is 2.68 bits per heavy atom. The topological polar surface area (TPSA) is 61.4 Å². The molecule has 2 N–H and O–H groups in total. The van der Waals surface area contributed by atoms with Gasteiger partial charge in [0.25, 0.3) is 0 Å². The van der Waals surface area contributed by atoms with Crippen LogP contribution in [-0.2, 0) is 4.74 Å². The highest BCUT2D eigenvalue weighted by Gasteiger charge is 2.39. The molecule has 3 heterocycles. The van der Waals surface area contributed by atoms with E-state index < -0.39 is 0 Å². The second kappa shape index (κ2) is 10.6. The van der Waals surface area contributed by atoms with Gasteiger partial charge < -0.3 is 25.0 Å². The molecule has 0 aromatic heterocycles. The molecule has 1 aromatic carbocycles. The van der Waals surface area contributed by atoms with E-state index in [1.54, 1.807) is 7.11 Å². The molecule has 1 unspecified atom stereocenters. The van der Waals surface area contributed by atoms with E-state index in [-0.39, 0.29) is 5.54 Å². The molecule has 7 heteroatoms. The van der Waals surface area contributed by atoms with Crippen LogP contribution in [0.25, 0.3) is 0 Å². The third-order valence-electron chi connectivity index (χ3n) is 7.20. The van der Waals surface area contributed by atoms with Gasteiger partial charge in [0.2, 0.25) is 0 Å². The monoisotopic (exact) mass is 429 g/mol. The van der Waals surface area contributed by atoms with Crippen molar-refractivity contribution in [1.29, 1.82) is 0 Å². The van der Waals surface area contributed by atoms with Crippen LogP contribution < -0.4 is 20.3 Å². The number of hydrogen-bond acceptors (Lipinski definition) is 5. The molecular formula is C24H39N5O2. The Bertz CT molecular complexity index is 728. The van der Waals surface area contributed by atoms with Gasteiger partial charge in [0.15, 0.2) is 5.96 Å². The van der Waals surface area contributed by atoms with E-state index in [2.05, 4.69) is 37.6 Å². The summed E-state index contributed by atoms with van der Waals surface area (Å²) in [5.74, 6) is 1.86. The van der Waals surface area contributed by atoms with Crippen LogP contribution in [0.2, 0.25) is 0 Å². The highest BCUT2D eigenvalue weighted by molar-refractivity contribution is 5.80. The molecule has 3 saturated heterocycles. The molecule has 0 amide bonds. The van der Waals surface area contributed by atoms with Crippen LogP contribution >= 0.6 is 0 Å². The minimum absolute atomic E-state index is 0.197. The van der Waals surface area contributed by atoms with E-state index in [1.807, 2.05) is 19.2 Å². The molecule has 0 spiro atoms. The highest BCUT2D eigenvalue weighted by Crippen LogP contribution is 2.31. The number of para-hydroxylation sites is 2. The molecule has 31 heavy (non-hydrogen) atoms. The van der Waals surface area contributed by atoms with Crippen molar-refractivity contribution in [2.45, 2.75) is 50.1 Å². The molecule has 1 aromatic rings. The van der Waals surface area contributed by atoms with Crippen molar-refractivity contribution in [1.82, 2.24) is 15.5 Å². The number of ether oxygens (including phenoxy) is 2. The maximum atomic E-state index is 5.70. The summed E-state index contributed by atoms with van der Waals surface area (Å²) in [4.78, 5) is 9.68. The molecule has 0 saturated carbocycles. The van der Waals surface area contributed by atoms with E-state index >= 15 is 0 Å². The van der Waals surface area contributed by atoms with Crippen LogP contribution in [0.1, 0.15) is 38.5 Å². The summed E-state index contributed by atoms with van der Waals surface area (Å²) in [5, 5.41) is 7.38. The standard InChI is InChI=1S/C24H39N5O2/c1-25-23(26-19-24(11-16-31-17-12-24)29-14-5-6-15-29)27-20-8-7-13-28(18-20)21-9-3-4-10-22(21)30-2/h3-4,9-10,20H,5-8,11-19H2,1-2H3,(H2,25,26,27). The molecule has 0 bridgehead atoms. The number of piperidine rings is 1. The first-order chi connectivity index (χ1) is 15.2. The lowest BCUT2D eigenvalue weighted by atomic mass is 9.88. The molecule has 3 aliphatic heterocycles. The number of methoxy groups -OCH3 is 1. The Morgan fingerprint density at radius 2 is 1.94 bits per heavy atom. The van der Waals surface area contributed by atoms with Crippen molar-refractivity contribution in [3.05, 3.63) is 24.3 Å². The van der Waals surface area contributed by atoms with Crippen LogP contribution in [0, 0.1) is 0 Å². The largest absolute Gasteiger partial charge is 0.495 e. The molecular weight excluding hydrogens is 390 g/mol.